The fraction of sp³-hybridized carbons (Fsp3) is 0.400. The lowest BCUT2D eigenvalue weighted by atomic mass is 10.0. The highest BCUT2D eigenvalue weighted by Gasteiger charge is 2.35. The molecular weight excluding hydrogens is 226 g/mol. The topological polar surface area (TPSA) is 40.5 Å². The molecule has 1 aliphatic rings. The Bertz CT molecular complexity index is 444. The molecule has 1 aromatic carbocycles. The lowest BCUT2D eigenvalue weighted by Crippen LogP contribution is -2.38. The van der Waals surface area contributed by atoms with Gasteiger partial charge in [-0.2, -0.15) is 0 Å². The summed E-state index contributed by atoms with van der Waals surface area (Å²) in [6, 6.07) is 7.28. The van der Waals surface area contributed by atoms with Crippen LogP contribution in [0.2, 0.25) is 0 Å². The van der Waals surface area contributed by atoms with E-state index in [-0.39, 0.29) is 18.6 Å². The van der Waals surface area contributed by atoms with E-state index in [2.05, 4.69) is 20.4 Å². The van der Waals surface area contributed by atoms with Gasteiger partial charge in [-0.25, -0.2) is 0 Å². The van der Waals surface area contributed by atoms with Gasteiger partial charge in [0, 0.05) is 16.8 Å². The maximum atomic E-state index is 12.3. The third kappa shape index (κ3) is 2.06. The second-order valence-electron chi connectivity index (χ2n) is 5.13. The molecule has 3 nitrogen and oxygen atoms in total. The van der Waals surface area contributed by atoms with Crippen LogP contribution in [-0.2, 0) is 0 Å². The molecule has 0 bridgehead atoms. The molecule has 18 heavy (non-hydrogen) atoms. The Morgan fingerprint density at radius 2 is 1.89 bits per heavy atom. The van der Waals surface area contributed by atoms with Crippen molar-refractivity contribution in [2.75, 3.05) is 6.61 Å². The number of carbonyl (C=O) groups excluding carboxylic acids is 1. The number of aliphatic hydroxyl groups is 1. The quantitative estimate of drug-likeness (QED) is 0.885. The second-order valence-corrected chi connectivity index (χ2v) is 5.13. The third-order valence-electron chi connectivity index (χ3n) is 3.30. The zero-order valence-electron chi connectivity index (χ0n) is 10.9. The van der Waals surface area contributed by atoms with Crippen molar-refractivity contribution in [1.82, 2.24) is 4.90 Å². The van der Waals surface area contributed by atoms with E-state index in [9.17, 15) is 9.90 Å². The van der Waals surface area contributed by atoms with Crippen molar-refractivity contribution in [3.8, 4) is 0 Å². The summed E-state index contributed by atoms with van der Waals surface area (Å²) in [5.41, 5.74) is 2.27. The van der Waals surface area contributed by atoms with Gasteiger partial charge in [0.1, 0.15) is 0 Å². The van der Waals surface area contributed by atoms with Crippen LogP contribution < -0.4 is 0 Å². The molecule has 1 N–H and O–H groups in total. The van der Waals surface area contributed by atoms with Gasteiger partial charge in [0.05, 0.1) is 12.6 Å². The van der Waals surface area contributed by atoms with Crippen molar-refractivity contribution < 1.29 is 9.90 Å². The highest BCUT2D eigenvalue weighted by Crippen LogP contribution is 2.34. The molecule has 0 saturated carbocycles. The molecule has 0 fully saturated rings. The van der Waals surface area contributed by atoms with Crippen LogP contribution in [0.5, 0.6) is 0 Å². The molecule has 0 saturated heterocycles. The van der Waals surface area contributed by atoms with Gasteiger partial charge in [-0.05, 0) is 18.4 Å². The Labute approximate surface area is 108 Å². The van der Waals surface area contributed by atoms with Crippen LogP contribution in [0.3, 0.4) is 0 Å². The summed E-state index contributed by atoms with van der Waals surface area (Å²) in [7, 11) is 0. The molecular formula is C15H19NO2. The number of amides is 1. The highest BCUT2D eigenvalue weighted by atomic mass is 16.3. The van der Waals surface area contributed by atoms with Crippen LogP contribution in [0.4, 0.5) is 0 Å². The number of nitrogens with zero attached hydrogens (tertiary/aromatic N) is 1. The normalized spacial score (nSPS) is 16.3. The largest absolute Gasteiger partial charge is 0.394 e. The minimum absolute atomic E-state index is 0.0308. The van der Waals surface area contributed by atoms with Crippen molar-refractivity contribution in [3.63, 3.8) is 0 Å². The van der Waals surface area contributed by atoms with Gasteiger partial charge < -0.3 is 10.0 Å². The second kappa shape index (κ2) is 4.94. The van der Waals surface area contributed by atoms with Gasteiger partial charge in [-0.3, -0.25) is 4.79 Å². The molecule has 0 aliphatic carbocycles. The summed E-state index contributed by atoms with van der Waals surface area (Å²) < 4.78 is 0. The maximum absolute atomic E-state index is 12.3. The van der Waals surface area contributed by atoms with E-state index >= 15 is 0 Å². The summed E-state index contributed by atoms with van der Waals surface area (Å²) >= 11 is 0. The van der Waals surface area contributed by atoms with Crippen LogP contribution >= 0.6 is 0 Å². The highest BCUT2D eigenvalue weighted by molar-refractivity contribution is 6.09. The fourth-order valence-corrected chi connectivity index (χ4v) is 2.50. The van der Waals surface area contributed by atoms with Crippen molar-refractivity contribution in [2.45, 2.75) is 26.3 Å². The number of carbonyl (C=O) groups is 1. The van der Waals surface area contributed by atoms with E-state index in [1.807, 2.05) is 24.3 Å². The predicted molar refractivity (Wildman–Crippen MR) is 72.0 cm³/mol. The van der Waals surface area contributed by atoms with Crippen molar-refractivity contribution >= 4 is 11.6 Å². The number of hydrogen-bond acceptors (Lipinski definition) is 2. The van der Waals surface area contributed by atoms with Gasteiger partial charge in [-0.15, -0.1) is 0 Å². The lowest BCUT2D eigenvalue weighted by Gasteiger charge is -2.28. The first-order chi connectivity index (χ1) is 8.56. The summed E-state index contributed by atoms with van der Waals surface area (Å²) in [6.07, 6.45) is 0.773. The van der Waals surface area contributed by atoms with Crippen LogP contribution in [-0.4, -0.2) is 28.6 Å². The van der Waals surface area contributed by atoms with Crippen LogP contribution in [0.1, 0.15) is 36.2 Å². The molecule has 1 atom stereocenters. The summed E-state index contributed by atoms with van der Waals surface area (Å²) in [5.74, 6) is 0.377. The Balaban J connectivity index is 2.32. The molecule has 1 amide bonds. The number of rotatable bonds is 4. The first-order valence-electron chi connectivity index (χ1n) is 6.29. The number of aliphatic hydroxyl groups excluding tert-OH is 1. The van der Waals surface area contributed by atoms with E-state index in [0.717, 1.165) is 12.0 Å². The minimum Gasteiger partial charge on any atom is -0.394 e. The number of fused-ring (bicyclic) bond motifs is 1. The monoisotopic (exact) mass is 245 g/mol. The molecule has 1 aromatic rings. The minimum atomic E-state index is -0.183. The lowest BCUT2D eigenvalue weighted by molar-refractivity contribution is 0.0726. The molecule has 1 unspecified atom stereocenters. The van der Waals surface area contributed by atoms with Gasteiger partial charge in [0.15, 0.2) is 0 Å². The summed E-state index contributed by atoms with van der Waals surface area (Å²) in [5, 5.41) is 9.51. The Kier molecular flexibility index (Phi) is 3.53. The molecule has 96 valence electrons. The number of benzene rings is 1. The van der Waals surface area contributed by atoms with Gasteiger partial charge >= 0.3 is 0 Å². The van der Waals surface area contributed by atoms with Crippen molar-refractivity contribution in [3.05, 3.63) is 42.0 Å². The third-order valence-corrected chi connectivity index (χ3v) is 3.30. The Morgan fingerprint density at radius 1 is 1.28 bits per heavy atom. The molecule has 3 heteroatoms. The first-order valence-corrected chi connectivity index (χ1v) is 6.29. The van der Waals surface area contributed by atoms with E-state index in [0.29, 0.717) is 17.2 Å². The predicted octanol–water partition coefficient (Wildman–Crippen LogP) is 2.52. The smallest absolute Gasteiger partial charge is 0.259 e. The molecule has 0 aromatic heterocycles. The van der Waals surface area contributed by atoms with Gasteiger partial charge in [0.2, 0.25) is 0 Å². The van der Waals surface area contributed by atoms with E-state index in [4.69, 9.17) is 0 Å². The Morgan fingerprint density at radius 3 is 2.39 bits per heavy atom. The van der Waals surface area contributed by atoms with E-state index < -0.39 is 0 Å². The van der Waals surface area contributed by atoms with Crippen LogP contribution in [0.25, 0.3) is 5.70 Å². The average molecular weight is 245 g/mol. The average Bonchev–Trinajstić information content (AvgIpc) is 2.60. The van der Waals surface area contributed by atoms with Gasteiger partial charge in [-0.1, -0.05) is 38.6 Å². The molecule has 1 heterocycles. The zero-order chi connectivity index (χ0) is 13.3. The van der Waals surface area contributed by atoms with E-state index in [1.54, 1.807) is 4.90 Å². The molecule has 1 aliphatic heterocycles. The molecule has 0 spiro atoms. The first kappa shape index (κ1) is 12.8. The standard InChI is InChI=1S/C15H19NO2/c1-10(2)8-12(9-17)16-11(3)13-6-4-5-7-14(13)15(16)18/h4-7,10,12,17H,3,8-9H2,1-2H3. The molecule has 0 radical (unpaired) electrons. The van der Waals surface area contributed by atoms with Crippen molar-refractivity contribution in [2.24, 2.45) is 5.92 Å². The maximum Gasteiger partial charge on any atom is 0.259 e. The van der Waals surface area contributed by atoms with Gasteiger partial charge in [0.25, 0.3) is 5.91 Å². The van der Waals surface area contributed by atoms with E-state index in [1.165, 1.54) is 0 Å². The summed E-state index contributed by atoms with van der Waals surface area (Å²) in [6.45, 7) is 8.13. The zero-order valence-corrected chi connectivity index (χ0v) is 10.9. The summed E-state index contributed by atoms with van der Waals surface area (Å²) in [4.78, 5) is 14.0. The van der Waals surface area contributed by atoms with Crippen LogP contribution in [0, 0.1) is 5.92 Å². The fourth-order valence-electron chi connectivity index (χ4n) is 2.50. The number of hydrogen-bond donors (Lipinski definition) is 1. The SMILES string of the molecule is C=C1c2ccccc2C(=O)N1C(CO)CC(C)C. The Hall–Kier alpha value is -1.61. The molecule has 2 rings (SSSR count). The van der Waals surface area contributed by atoms with Crippen molar-refractivity contribution in [1.29, 1.82) is 0 Å². The van der Waals surface area contributed by atoms with Crippen LogP contribution in [0.15, 0.2) is 30.8 Å².